The molecule has 0 spiro atoms. The Bertz CT molecular complexity index is 742. The van der Waals surface area contributed by atoms with Crippen LogP contribution in [-0.4, -0.2) is 23.0 Å². The van der Waals surface area contributed by atoms with Gasteiger partial charge in [-0.2, -0.15) is 0 Å². The van der Waals surface area contributed by atoms with E-state index < -0.39 is 11.4 Å². The molecular weight excluding hydrogens is 333 g/mol. The first-order valence-electron chi connectivity index (χ1n) is 8.62. The zero-order valence-electron chi connectivity index (χ0n) is 15.0. The van der Waals surface area contributed by atoms with Crippen LogP contribution in [0.4, 0.5) is 4.39 Å². The van der Waals surface area contributed by atoms with Gasteiger partial charge in [0.2, 0.25) is 5.91 Å². The fourth-order valence-electron chi connectivity index (χ4n) is 2.79. The van der Waals surface area contributed by atoms with E-state index in [1.807, 2.05) is 30.3 Å². The van der Waals surface area contributed by atoms with Gasteiger partial charge in [-0.1, -0.05) is 42.5 Å². The van der Waals surface area contributed by atoms with E-state index in [9.17, 15) is 14.0 Å². The lowest BCUT2D eigenvalue weighted by molar-refractivity contribution is -0.137. The Balaban J connectivity index is 2.13. The van der Waals surface area contributed by atoms with Crippen LogP contribution in [0.2, 0.25) is 0 Å². The molecule has 2 rings (SSSR count). The average Bonchev–Trinajstić information content (AvgIpc) is 2.60. The topological polar surface area (TPSA) is 66.4 Å². The summed E-state index contributed by atoms with van der Waals surface area (Å²) in [5.74, 6) is -1.46. The molecule has 1 atom stereocenters. The first-order valence-corrected chi connectivity index (χ1v) is 8.62. The standard InChI is InChI=1S/C21H24FNO3/c1-21(2,16-8-10-17(22)11-9-16)20(26)23-18(12-13-19(24)25)14-15-6-4-3-5-7-15/h3-11,18H,12-14H2,1-2H3,(H,23,26)(H,24,25). The minimum atomic E-state index is -0.893. The van der Waals surface area contributed by atoms with Crippen molar-refractivity contribution < 1.29 is 19.1 Å². The van der Waals surface area contributed by atoms with Crippen LogP contribution < -0.4 is 5.32 Å². The highest BCUT2D eigenvalue weighted by Gasteiger charge is 2.31. The summed E-state index contributed by atoms with van der Waals surface area (Å²) in [7, 11) is 0. The number of halogens is 1. The van der Waals surface area contributed by atoms with Crippen LogP contribution in [0.15, 0.2) is 54.6 Å². The maximum absolute atomic E-state index is 13.1. The van der Waals surface area contributed by atoms with E-state index in [0.29, 0.717) is 18.4 Å². The van der Waals surface area contributed by atoms with E-state index >= 15 is 0 Å². The molecule has 0 saturated carbocycles. The maximum atomic E-state index is 13.1. The fourth-order valence-corrected chi connectivity index (χ4v) is 2.79. The fraction of sp³-hybridized carbons (Fsp3) is 0.333. The van der Waals surface area contributed by atoms with Crippen LogP contribution in [0.1, 0.15) is 37.8 Å². The highest BCUT2D eigenvalue weighted by molar-refractivity contribution is 5.87. The molecule has 0 aromatic heterocycles. The van der Waals surface area contributed by atoms with Crippen molar-refractivity contribution in [2.75, 3.05) is 0 Å². The molecule has 0 bridgehead atoms. The van der Waals surface area contributed by atoms with Crippen LogP contribution in [0.3, 0.4) is 0 Å². The quantitative estimate of drug-likeness (QED) is 0.757. The Morgan fingerprint density at radius 2 is 1.69 bits per heavy atom. The van der Waals surface area contributed by atoms with Gasteiger partial charge < -0.3 is 10.4 Å². The van der Waals surface area contributed by atoms with Gasteiger partial charge in [-0.05, 0) is 49.9 Å². The number of nitrogens with one attached hydrogen (secondary N) is 1. The Hall–Kier alpha value is -2.69. The normalized spacial score (nSPS) is 12.4. The summed E-state index contributed by atoms with van der Waals surface area (Å²) in [6.45, 7) is 3.54. The number of hydrogen-bond donors (Lipinski definition) is 2. The molecule has 0 saturated heterocycles. The lowest BCUT2D eigenvalue weighted by Crippen LogP contribution is -2.46. The minimum absolute atomic E-state index is 0.0191. The number of carboxylic acid groups (broad SMARTS) is 1. The molecule has 138 valence electrons. The van der Waals surface area contributed by atoms with Crippen molar-refractivity contribution in [2.24, 2.45) is 0 Å². The molecule has 0 aliphatic carbocycles. The predicted molar refractivity (Wildman–Crippen MR) is 98.4 cm³/mol. The number of amides is 1. The van der Waals surface area contributed by atoms with Crippen molar-refractivity contribution in [3.63, 3.8) is 0 Å². The Kier molecular flexibility index (Phi) is 6.50. The molecule has 2 aromatic carbocycles. The average molecular weight is 357 g/mol. The summed E-state index contributed by atoms with van der Waals surface area (Å²) < 4.78 is 13.1. The summed E-state index contributed by atoms with van der Waals surface area (Å²) in [5, 5.41) is 12.0. The van der Waals surface area contributed by atoms with Crippen LogP contribution >= 0.6 is 0 Å². The molecule has 0 aliphatic heterocycles. The Morgan fingerprint density at radius 1 is 1.08 bits per heavy atom. The molecule has 1 unspecified atom stereocenters. The SMILES string of the molecule is CC(C)(C(=O)NC(CCC(=O)O)Cc1ccccc1)c1ccc(F)cc1. The molecule has 0 radical (unpaired) electrons. The third-order valence-electron chi connectivity index (χ3n) is 4.50. The molecule has 26 heavy (non-hydrogen) atoms. The van der Waals surface area contributed by atoms with E-state index in [2.05, 4.69) is 5.32 Å². The minimum Gasteiger partial charge on any atom is -0.481 e. The number of rotatable bonds is 8. The summed E-state index contributed by atoms with van der Waals surface area (Å²) in [4.78, 5) is 23.8. The monoisotopic (exact) mass is 357 g/mol. The van der Waals surface area contributed by atoms with Crippen molar-refractivity contribution in [3.8, 4) is 0 Å². The Morgan fingerprint density at radius 3 is 2.27 bits per heavy atom. The molecule has 2 aromatic rings. The van der Waals surface area contributed by atoms with Gasteiger partial charge in [-0.15, -0.1) is 0 Å². The number of hydrogen-bond acceptors (Lipinski definition) is 2. The summed E-state index contributed by atoms with van der Waals surface area (Å²) in [5.41, 5.74) is 0.877. The van der Waals surface area contributed by atoms with Crippen molar-refractivity contribution >= 4 is 11.9 Å². The predicted octanol–water partition coefficient (Wildman–Crippen LogP) is 3.70. The largest absolute Gasteiger partial charge is 0.481 e. The van der Waals surface area contributed by atoms with Gasteiger partial charge >= 0.3 is 5.97 Å². The maximum Gasteiger partial charge on any atom is 0.303 e. The highest BCUT2D eigenvalue weighted by Crippen LogP contribution is 2.24. The molecule has 0 heterocycles. The van der Waals surface area contributed by atoms with Crippen LogP contribution in [0, 0.1) is 5.82 Å². The summed E-state index contributed by atoms with van der Waals surface area (Å²) in [6, 6.07) is 15.2. The van der Waals surface area contributed by atoms with Crippen molar-refractivity contribution in [1.29, 1.82) is 0 Å². The van der Waals surface area contributed by atoms with Gasteiger partial charge in [0.1, 0.15) is 5.82 Å². The third-order valence-corrected chi connectivity index (χ3v) is 4.50. The first kappa shape index (κ1) is 19.6. The van der Waals surface area contributed by atoms with Crippen molar-refractivity contribution in [2.45, 2.75) is 44.6 Å². The second-order valence-electron chi connectivity index (χ2n) is 6.92. The van der Waals surface area contributed by atoms with Gasteiger partial charge in [-0.25, -0.2) is 4.39 Å². The van der Waals surface area contributed by atoms with Gasteiger partial charge in [0, 0.05) is 12.5 Å². The first-order chi connectivity index (χ1) is 12.3. The molecule has 0 aliphatic rings. The van der Waals surface area contributed by atoms with Crippen LogP contribution in [0.5, 0.6) is 0 Å². The second kappa shape index (κ2) is 8.61. The molecule has 2 N–H and O–H groups in total. The molecule has 5 heteroatoms. The number of benzene rings is 2. The van der Waals surface area contributed by atoms with Gasteiger partial charge in [0.25, 0.3) is 0 Å². The second-order valence-corrected chi connectivity index (χ2v) is 6.92. The van der Waals surface area contributed by atoms with Crippen molar-refractivity contribution in [1.82, 2.24) is 5.32 Å². The highest BCUT2D eigenvalue weighted by atomic mass is 19.1. The number of aliphatic carboxylic acids is 1. The van der Waals surface area contributed by atoms with Gasteiger partial charge in [0.05, 0.1) is 5.41 Å². The smallest absolute Gasteiger partial charge is 0.303 e. The molecule has 1 amide bonds. The number of carboxylic acids is 1. The van der Waals surface area contributed by atoms with E-state index in [0.717, 1.165) is 5.56 Å². The number of carbonyl (C=O) groups is 2. The number of carbonyl (C=O) groups excluding carboxylic acids is 1. The van der Waals surface area contributed by atoms with E-state index in [1.54, 1.807) is 26.0 Å². The zero-order valence-corrected chi connectivity index (χ0v) is 15.0. The van der Waals surface area contributed by atoms with Crippen LogP contribution in [-0.2, 0) is 21.4 Å². The Labute approximate surface area is 153 Å². The van der Waals surface area contributed by atoms with Crippen molar-refractivity contribution in [3.05, 3.63) is 71.5 Å². The zero-order chi connectivity index (χ0) is 19.2. The van der Waals surface area contributed by atoms with Gasteiger partial charge in [0.15, 0.2) is 0 Å². The lowest BCUT2D eigenvalue weighted by atomic mass is 9.83. The lowest BCUT2D eigenvalue weighted by Gasteiger charge is -2.28. The molecular formula is C21H24FNO3. The van der Waals surface area contributed by atoms with E-state index in [4.69, 9.17) is 5.11 Å². The third kappa shape index (κ3) is 5.41. The molecule has 0 fully saturated rings. The van der Waals surface area contributed by atoms with E-state index in [-0.39, 0.29) is 24.2 Å². The van der Waals surface area contributed by atoms with Gasteiger partial charge in [-0.3, -0.25) is 9.59 Å². The van der Waals surface area contributed by atoms with Crippen LogP contribution in [0.25, 0.3) is 0 Å². The van der Waals surface area contributed by atoms with E-state index in [1.165, 1.54) is 12.1 Å². The summed E-state index contributed by atoms with van der Waals surface area (Å²) in [6.07, 6.45) is 0.879. The molecule has 4 nitrogen and oxygen atoms in total. The summed E-state index contributed by atoms with van der Waals surface area (Å²) >= 11 is 0.